The van der Waals surface area contributed by atoms with Crippen molar-refractivity contribution >= 4 is 0 Å². The summed E-state index contributed by atoms with van der Waals surface area (Å²) in [4.78, 5) is 0. The molecule has 3 nitrogen and oxygen atoms in total. The van der Waals surface area contributed by atoms with Gasteiger partial charge in [-0.25, -0.2) is 0 Å². The zero-order valence-corrected chi connectivity index (χ0v) is 10.3. The van der Waals surface area contributed by atoms with Gasteiger partial charge in [-0.1, -0.05) is 0 Å². The maximum Gasteiger partial charge on any atom is 0.0667 e. The monoisotopic (exact) mass is 202 g/mol. The van der Waals surface area contributed by atoms with Crippen molar-refractivity contribution in [2.45, 2.75) is 45.8 Å². The highest BCUT2D eigenvalue weighted by Crippen LogP contribution is 1.97. The molecule has 0 rings (SSSR count). The molecule has 86 valence electrons. The fourth-order valence-corrected chi connectivity index (χ4v) is 1.07. The molecule has 0 bridgehead atoms. The van der Waals surface area contributed by atoms with Crippen LogP contribution in [0.15, 0.2) is 0 Å². The molecular weight excluding hydrogens is 176 g/mol. The maximum absolute atomic E-state index is 5.13. The number of nitrogens with one attached hydrogen (secondary N) is 2. The van der Waals surface area contributed by atoms with E-state index in [2.05, 4.69) is 38.3 Å². The summed E-state index contributed by atoms with van der Waals surface area (Å²) in [5, 5.41) is 6.81. The Bertz CT molecular complexity index is 132. The van der Waals surface area contributed by atoms with Crippen LogP contribution in [0.3, 0.4) is 0 Å². The second-order valence-corrected chi connectivity index (χ2v) is 4.78. The van der Waals surface area contributed by atoms with E-state index in [-0.39, 0.29) is 5.54 Å². The first kappa shape index (κ1) is 13.9. The quantitative estimate of drug-likeness (QED) is 0.612. The van der Waals surface area contributed by atoms with E-state index in [1.165, 1.54) is 0 Å². The summed E-state index contributed by atoms with van der Waals surface area (Å²) in [6.45, 7) is 11.7. The predicted octanol–water partition coefficient (Wildman–Crippen LogP) is 1.39. The average molecular weight is 202 g/mol. The van der Waals surface area contributed by atoms with Gasteiger partial charge < -0.3 is 15.4 Å². The van der Waals surface area contributed by atoms with Gasteiger partial charge in [0.15, 0.2) is 0 Å². The fraction of sp³-hybridized carbons (Fsp3) is 1.00. The Morgan fingerprint density at radius 2 is 1.86 bits per heavy atom. The Morgan fingerprint density at radius 3 is 2.36 bits per heavy atom. The molecule has 0 aromatic rings. The van der Waals surface area contributed by atoms with Crippen LogP contribution in [0.4, 0.5) is 0 Å². The van der Waals surface area contributed by atoms with E-state index in [1.54, 1.807) is 7.11 Å². The Hall–Kier alpha value is -0.120. The molecular formula is C11H26N2O. The zero-order chi connectivity index (χ0) is 11.0. The van der Waals surface area contributed by atoms with Gasteiger partial charge in [0.25, 0.3) is 0 Å². The van der Waals surface area contributed by atoms with Gasteiger partial charge in [-0.15, -0.1) is 0 Å². The number of ether oxygens (including phenoxy) is 1. The van der Waals surface area contributed by atoms with Crippen LogP contribution in [-0.2, 0) is 4.74 Å². The highest BCUT2D eigenvalue weighted by Gasteiger charge is 2.06. The molecule has 0 fully saturated rings. The predicted molar refractivity (Wildman–Crippen MR) is 61.7 cm³/mol. The largest absolute Gasteiger partial charge is 0.380 e. The average Bonchev–Trinajstić information content (AvgIpc) is 2.08. The van der Waals surface area contributed by atoms with Crippen molar-refractivity contribution < 1.29 is 4.74 Å². The van der Waals surface area contributed by atoms with Gasteiger partial charge in [0.2, 0.25) is 0 Å². The molecule has 1 atom stereocenters. The van der Waals surface area contributed by atoms with E-state index in [1.807, 2.05) is 0 Å². The summed E-state index contributed by atoms with van der Waals surface area (Å²) < 4.78 is 5.13. The van der Waals surface area contributed by atoms with Gasteiger partial charge in [-0.3, -0.25) is 0 Å². The Kier molecular flexibility index (Phi) is 7.15. The Morgan fingerprint density at radius 1 is 1.21 bits per heavy atom. The van der Waals surface area contributed by atoms with Crippen LogP contribution in [0.5, 0.6) is 0 Å². The molecule has 0 spiro atoms. The van der Waals surface area contributed by atoms with E-state index in [0.717, 1.165) is 26.1 Å². The summed E-state index contributed by atoms with van der Waals surface area (Å²) in [6.07, 6.45) is 1.47. The Balaban J connectivity index is 3.14. The lowest BCUT2D eigenvalue weighted by molar-refractivity contribution is 0.117. The van der Waals surface area contributed by atoms with E-state index < -0.39 is 0 Å². The molecule has 0 heterocycles. The molecule has 0 aromatic carbocycles. The fourth-order valence-electron chi connectivity index (χ4n) is 1.07. The molecule has 0 aliphatic rings. The van der Waals surface area contributed by atoms with Crippen molar-refractivity contribution in [2.24, 2.45) is 0 Å². The van der Waals surface area contributed by atoms with Crippen LogP contribution in [0.1, 0.15) is 34.1 Å². The van der Waals surface area contributed by atoms with Gasteiger partial charge in [-0.05, 0) is 47.2 Å². The summed E-state index contributed by atoms with van der Waals surface area (Å²) in [6, 6.07) is 0. The van der Waals surface area contributed by atoms with Crippen molar-refractivity contribution in [3.8, 4) is 0 Å². The first-order valence-corrected chi connectivity index (χ1v) is 5.44. The second-order valence-electron chi connectivity index (χ2n) is 4.78. The van der Waals surface area contributed by atoms with Crippen molar-refractivity contribution in [3.63, 3.8) is 0 Å². The maximum atomic E-state index is 5.13. The van der Waals surface area contributed by atoms with Gasteiger partial charge in [-0.2, -0.15) is 0 Å². The molecule has 0 aliphatic carbocycles. The van der Waals surface area contributed by atoms with E-state index in [9.17, 15) is 0 Å². The standard InChI is InChI=1S/C11H26N2O/c1-10(14-5)9-12-7-6-8-13-11(2,3)4/h10,12-13H,6-9H2,1-5H3. The molecule has 0 amide bonds. The van der Waals surface area contributed by atoms with Crippen molar-refractivity contribution in [1.29, 1.82) is 0 Å². The van der Waals surface area contributed by atoms with Crippen LogP contribution < -0.4 is 10.6 Å². The lowest BCUT2D eigenvalue weighted by atomic mass is 10.1. The molecule has 0 saturated carbocycles. The van der Waals surface area contributed by atoms with Crippen LogP contribution in [0.2, 0.25) is 0 Å². The zero-order valence-electron chi connectivity index (χ0n) is 10.3. The molecule has 0 radical (unpaired) electrons. The summed E-state index contributed by atoms with van der Waals surface area (Å²) >= 11 is 0. The van der Waals surface area contributed by atoms with Gasteiger partial charge >= 0.3 is 0 Å². The van der Waals surface area contributed by atoms with Crippen molar-refractivity contribution in [1.82, 2.24) is 10.6 Å². The highest BCUT2D eigenvalue weighted by molar-refractivity contribution is 4.70. The van der Waals surface area contributed by atoms with Crippen LogP contribution in [0.25, 0.3) is 0 Å². The third kappa shape index (κ3) is 9.96. The van der Waals surface area contributed by atoms with Gasteiger partial charge in [0.05, 0.1) is 6.10 Å². The van der Waals surface area contributed by atoms with Crippen LogP contribution in [-0.4, -0.2) is 38.4 Å². The number of hydrogen-bond acceptors (Lipinski definition) is 3. The molecule has 0 saturated heterocycles. The summed E-state index contributed by atoms with van der Waals surface area (Å²) in [7, 11) is 1.74. The Labute approximate surface area is 88.6 Å². The SMILES string of the molecule is COC(C)CNCCCNC(C)(C)C. The van der Waals surface area contributed by atoms with E-state index >= 15 is 0 Å². The minimum Gasteiger partial charge on any atom is -0.380 e. The molecule has 0 aliphatic heterocycles. The van der Waals surface area contributed by atoms with E-state index in [4.69, 9.17) is 4.74 Å². The minimum atomic E-state index is 0.236. The summed E-state index contributed by atoms with van der Waals surface area (Å²) in [5.74, 6) is 0. The smallest absolute Gasteiger partial charge is 0.0667 e. The first-order chi connectivity index (χ1) is 6.45. The van der Waals surface area contributed by atoms with Crippen molar-refractivity contribution in [3.05, 3.63) is 0 Å². The third-order valence-electron chi connectivity index (χ3n) is 2.02. The summed E-state index contributed by atoms with van der Waals surface area (Å²) in [5.41, 5.74) is 0.236. The van der Waals surface area contributed by atoms with Gasteiger partial charge in [0, 0.05) is 19.2 Å². The van der Waals surface area contributed by atoms with Crippen LogP contribution in [0, 0.1) is 0 Å². The first-order valence-electron chi connectivity index (χ1n) is 5.44. The third-order valence-corrected chi connectivity index (χ3v) is 2.02. The molecule has 1 unspecified atom stereocenters. The normalized spacial score (nSPS) is 14.4. The van der Waals surface area contributed by atoms with Crippen LogP contribution >= 0.6 is 0 Å². The number of hydrogen-bond donors (Lipinski definition) is 2. The highest BCUT2D eigenvalue weighted by atomic mass is 16.5. The molecule has 3 heteroatoms. The second kappa shape index (κ2) is 7.21. The van der Waals surface area contributed by atoms with E-state index in [0.29, 0.717) is 6.10 Å². The van der Waals surface area contributed by atoms with Gasteiger partial charge in [0.1, 0.15) is 0 Å². The molecule has 0 aromatic heterocycles. The van der Waals surface area contributed by atoms with Crippen molar-refractivity contribution in [2.75, 3.05) is 26.7 Å². The molecule has 14 heavy (non-hydrogen) atoms. The lowest BCUT2D eigenvalue weighted by Gasteiger charge is -2.20. The topological polar surface area (TPSA) is 33.3 Å². The number of methoxy groups -OCH3 is 1. The molecule has 2 N–H and O–H groups in total. The minimum absolute atomic E-state index is 0.236. The number of rotatable bonds is 7. The lowest BCUT2D eigenvalue weighted by Crippen LogP contribution is -2.37.